The number of ether oxygens (including phenoxy) is 1. The molecule has 2 aromatic rings. The van der Waals surface area contributed by atoms with Crippen LogP contribution in [0.1, 0.15) is 36.8 Å². The largest absolute Gasteiger partial charge is 0.497 e. The summed E-state index contributed by atoms with van der Waals surface area (Å²) in [6, 6.07) is 7.42. The third-order valence-electron chi connectivity index (χ3n) is 5.13. The van der Waals surface area contributed by atoms with E-state index in [2.05, 4.69) is 4.98 Å². The smallest absolute Gasteiger partial charge is 0.232 e. The second kappa shape index (κ2) is 7.22. The Labute approximate surface area is 157 Å². The molecule has 132 valence electrons. The maximum absolute atomic E-state index is 13.0. The Kier molecular flexibility index (Phi) is 5.21. The second-order valence-corrected chi connectivity index (χ2v) is 7.18. The van der Waals surface area contributed by atoms with Crippen molar-refractivity contribution in [2.45, 2.75) is 31.1 Å². The molecule has 0 radical (unpaired) electrons. The van der Waals surface area contributed by atoms with E-state index in [4.69, 9.17) is 33.7 Å². The number of rotatable bonds is 5. The summed E-state index contributed by atoms with van der Waals surface area (Å²) in [5.41, 5.74) is 6.21. The number of carbonyl (C=O) groups excluding carboxylic acids is 1. The monoisotopic (exact) mass is 378 g/mol. The summed E-state index contributed by atoms with van der Waals surface area (Å²) in [4.78, 5) is 17.0. The minimum Gasteiger partial charge on any atom is -0.497 e. The molecule has 1 aliphatic rings. The second-order valence-electron chi connectivity index (χ2n) is 6.36. The van der Waals surface area contributed by atoms with Gasteiger partial charge in [-0.15, -0.1) is 0 Å². The van der Waals surface area contributed by atoms with Crippen LogP contribution in [0.15, 0.2) is 36.7 Å². The van der Waals surface area contributed by atoms with Gasteiger partial charge in [0.05, 0.1) is 17.2 Å². The molecule has 1 atom stereocenters. The van der Waals surface area contributed by atoms with Crippen LogP contribution in [0.4, 0.5) is 0 Å². The highest BCUT2D eigenvalue weighted by Gasteiger charge is 2.50. The summed E-state index contributed by atoms with van der Waals surface area (Å²) in [6.07, 6.45) is 6.88. The maximum atomic E-state index is 13.0. The quantitative estimate of drug-likeness (QED) is 0.840. The lowest BCUT2D eigenvalue weighted by Crippen LogP contribution is -2.48. The van der Waals surface area contributed by atoms with Crippen molar-refractivity contribution >= 4 is 29.1 Å². The number of hydrogen-bond donors (Lipinski definition) is 1. The minimum absolute atomic E-state index is 0.0227. The molecule has 1 aromatic carbocycles. The van der Waals surface area contributed by atoms with Crippen LogP contribution >= 0.6 is 23.2 Å². The van der Waals surface area contributed by atoms with Crippen molar-refractivity contribution in [3.8, 4) is 5.75 Å². The summed E-state index contributed by atoms with van der Waals surface area (Å²) in [6.45, 7) is 0. The van der Waals surface area contributed by atoms with Crippen molar-refractivity contribution in [2.75, 3.05) is 7.11 Å². The topological polar surface area (TPSA) is 65.2 Å². The first-order valence-corrected chi connectivity index (χ1v) is 9.01. The standard InChI is InChI=1S/C19H20Cl2N2O2/c1-25-14-8-4-7-13(9-14)19(18(22)24,12-5-2-3-6-12)17-15(20)10-23-11-16(17)21/h4,7-12H,2-3,5-6H2,1H3,(H2,22,24). The molecule has 2 N–H and O–H groups in total. The summed E-state index contributed by atoms with van der Waals surface area (Å²) in [5, 5.41) is 0.696. The van der Waals surface area contributed by atoms with E-state index in [1.807, 2.05) is 24.3 Å². The Hall–Kier alpha value is -1.78. The molecule has 1 unspecified atom stereocenters. The Morgan fingerprint density at radius 3 is 2.44 bits per heavy atom. The van der Waals surface area contributed by atoms with Crippen LogP contribution in [-0.4, -0.2) is 18.0 Å². The molecule has 25 heavy (non-hydrogen) atoms. The number of amides is 1. The van der Waals surface area contributed by atoms with E-state index in [0.717, 1.165) is 31.2 Å². The van der Waals surface area contributed by atoms with Crippen LogP contribution in [0, 0.1) is 5.92 Å². The van der Waals surface area contributed by atoms with Gasteiger partial charge < -0.3 is 10.5 Å². The predicted octanol–water partition coefficient (Wildman–Crippen LogP) is 4.36. The fraction of sp³-hybridized carbons (Fsp3) is 0.368. The maximum Gasteiger partial charge on any atom is 0.232 e. The number of halogens is 2. The molecule has 0 aliphatic heterocycles. The lowest BCUT2D eigenvalue weighted by Gasteiger charge is -2.38. The molecule has 4 nitrogen and oxygen atoms in total. The summed E-state index contributed by atoms with van der Waals surface area (Å²) in [7, 11) is 1.59. The van der Waals surface area contributed by atoms with Crippen LogP contribution in [0.5, 0.6) is 5.75 Å². The van der Waals surface area contributed by atoms with Crippen molar-refractivity contribution in [3.05, 3.63) is 57.8 Å². The molecule has 1 heterocycles. The number of hydrogen-bond acceptors (Lipinski definition) is 3. The Morgan fingerprint density at radius 1 is 1.24 bits per heavy atom. The highest BCUT2D eigenvalue weighted by atomic mass is 35.5. The number of methoxy groups -OCH3 is 1. The van der Waals surface area contributed by atoms with Gasteiger partial charge in [-0.3, -0.25) is 9.78 Å². The highest BCUT2D eigenvalue weighted by Crippen LogP contribution is 2.51. The fourth-order valence-electron chi connectivity index (χ4n) is 4.07. The molecular weight excluding hydrogens is 359 g/mol. The molecule has 1 fully saturated rings. The molecule has 0 bridgehead atoms. The summed E-state index contributed by atoms with van der Waals surface area (Å²) < 4.78 is 5.36. The molecule has 1 aromatic heterocycles. The van der Waals surface area contributed by atoms with E-state index in [1.165, 1.54) is 12.4 Å². The van der Waals surface area contributed by atoms with Crippen LogP contribution in [0.2, 0.25) is 10.0 Å². The van der Waals surface area contributed by atoms with Gasteiger partial charge in [-0.2, -0.15) is 0 Å². The van der Waals surface area contributed by atoms with Crippen LogP contribution in [0.3, 0.4) is 0 Å². The summed E-state index contributed by atoms with van der Waals surface area (Å²) in [5.74, 6) is 0.222. The SMILES string of the molecule is COc1cccc(C(C(N)=O)(c2c(Cl)cncc2Cl)C2CCCC2)c1. The number of primary amides is 1. The first-order chi connectivity index (χ1) is 12.0. The lowest BCUT2D eigenvalue weighted by atomic mass is 9.64. The number of nitrogens with zero attached hydrogens (tertiary/aromatic N) is 1. The minimum atomic E-state index is -1.11. The van der Waals surface area contributed by atoms with Gasteiger partial charge in [0.15, 0.2) is 0 Å². The van der Waals surface area contributed by atoms with Crippen molar-refractivity contribution in [3.63, 3.8) is 0 Å². The van der Waals surface area contributed by atoms with Gasteiger partial charge in [0.1, 0.15) is 11.2 Å². The molecule has 1 saturated carbocycles. The zero-order chi connectivity index (χ0) is 18.0. The van der Waals surface area contributed by atoms with E-state index < -0.39 is 11.3 Å². The van der Waals surface area contributed by atoms with Crippen molar-refractivity contribution in [1.29, 1.82) is 0 Å². The molecule has 6 heteroatoms. The number of aromatic nitrogens is 1. The number of pyridine rings is 1. The van der Waals surface area contributed by atoms with Crippen LogP contribution in [-0.2, 0) is 10.2 Å². The average Bonchev–Trinajstić information content (AvgIpc) is 3.12. The van der Waals surface area contributed by atoms with Gasteiger partial charge in [0.2, 0.25) is 5.91 Å². The van der Waals surface area contributed by atoms with Gasteiger partial charge in [0, 0.05) is 18.0 Å². The third kappa shape index (κ3) is 2.98. The van der Waals surface area contributed by atoms with E-state index >= 15 is 0 Å². The van der Waals surface area contributed by atoms with Crippen LogP contribution in [0.25, 0.3) is 0 Å². The first kappa shape index (κ1) is 18.0. The number of nitrogens with two attached hydrogens (primary N) is 1. The molecule has 3 rings (SSSR count). The predicted molar refractivity (Wildman–Crippen MR) is 99.2 cm³/mol. The fourth-order valence-corrected chi connectivity index (χ4v) is 4.73. The third-order valence-corrected chi connectivity index (χ3v) is 5.70. The molecule has 1 amide bonds. The molecule has 1 aliphatic carbocycles. The molecule has 0 saturated heterocycles. The molecular formula is C19H20Cl2N2O2. The van der Waals surface area contributed by atoms with E-state index in [0.29, 0.717) is 21.4 Å². The zero-order valence-electron chi connectivity index (χ0n) is 14.0. The Morgan fingerprint density at radius 2 is 1.88 bits per heavy atom. The Balaban J connectivity index is 2.35. The van der Waals surface area contributed by atoms with E-state index in [-0.39, 0.29) is 5.92 Å². The zero-order valence-corrected chi connectivity index (χ0v) is 15.5. The lowest BCUT2D eigenvalue weighted by molar-refractivity contribution is -0.123. The normalized spacial score (nSPS) is 17.2. The van der Waals surface area contributed by atoms with E-state index in [1.54, 1.807) is 7.11 Å². The van der Waals surface area contributed by atoms with Crippen molar-refractivity contribution in [1.82, 2.24) is 4.98 Å². The average molecular weight is 379 g/mol. The Bertz CT molecular complexity index is 770. The van der Waals surface area contributed by atoms with E-state index in [9.17, 15) is 4.79 Å². The first-order valence-electron chi connectivity index (χ1n) is 8.25. The van der Waals surface area contributed by atoms with Gasteiger partial charge in [0.25, 0.3) is 0 Å². The van der Waals surface area contributed by atoms with Crippen LogP contribution < -0.4 is 10.5 Å². The van der Waals surface area contributed by atoms with Crippen molar-refractivity contribution in [2.24, 2.45) is 11.7 Å². The molecule has 0 spiro atoms. The van der Waals surface area contributed by atoms with Gasteiger partial charge in [-0.05, 0) is 36.5 Å². The number of carbonyl (C=O) groups is 1. The van der Waals surface area contributed by atoms with Crippen molar-refractivity contribution < 1.29 is 9.53 Å². The van der Waals surface area contributed by atoms with Gasteiger partial charge in [-0.1, -0.05) is 48.2 Å². The van der Waals surface area contributed by atoms with Gasteiger partial charge in [-0.25, -0.2) is 0 Å². The highest BCUT2D eigenvalue weighted by molar-refractivity contribution is 6.36. The summed E-state index contributed by atoms with van der Waals surface area (Å²) >= 11 is 12.9. The number of benzene rings is 1. The van der Waals surface area contributed by atoms with Gasteiger partial charge >= 0.3 is 0 Å².